The predicted molar refractivity (Wildman–Crippen MR) is 192 cm³/mol. The lowest BCUT2D eigenvalue weighted by molar-refractivity contribution is -0.137. The van der Waals surface area contributed by atoms with E-state index in [2.05, 4.69) is 26.4 Å². The molecule has 3 amide bonds. The third-order valence-electron chi connectivity index (χ3n) is 8.18. The van der Waals surface area contributed by atoms with Gasteiger partial charge in [0.2, 0.25) is 5.91 Å². The van der Waals surface area contributed by atoms with Gasteiger partial charge in [0.05, 0.1) is 64.8 Å². The number of ether oxygens (including phenoxy) is 4. The van der Waals surface area contributed by atoms with Crippen molar-refractivity contribution in [1.82, 2.24) is 21.3 Å². The van der Waals surface area contributed by atoms with E-state index >= 15 is 0 Å². The van der Waals surface area contributed by atoms with Crippen LogP contribution >= 0.6 is 11.8 Å². The smallest absolute Gasteiger partial charge is 0.315 e. The molecule has 2 aliphatic heterocycles. The molecule has 8 N–H and O–H groups in total. The number of carboxylic acid groups (broad SMARTS) is 1. The Kier molecular flexibility index (Phi) is 19.9. The van der Waals surface area contributed by atoms with Crippen LogP contribution in [0.25, 0.3) is 0 Å². The lowest BCUT2D eigenvalue weighted by atomic mass is 10.0. The van der Waals surface area contributed by atoms with E-state index in [-0.39, 0.29) is 49.3 Å². The molecule has 2 fully saturated rings. The van der Waals surface area contributed by atoms with Gasteiger partial charge in [0.15, 0.2) is 5.78 Å². The number of carbonyl (C=O) groups is 4. The number of ketones is 1. The summed E-state index contributed by atoms with van der Waals surface area (Å²) in [6.07, 6.45) is 5.96. The summed E-state index contributed by atoms with van der Waals surface area (Å²) in [5.74, 6) is -0.340. The summed E-state index contributed by atoms with van der Waals surface area (Å²) in [4.78, 5) is 46.3. The van der Waals surface area contributed by atoms with Gasteiger partial charge in [-0.25, -0.2) is 10.3 Å². The number of rotatable bonds is 29. The molecule has 284 valence electrons. The Bertz CT molecular complexity index is 1300. The van der Waals surface area contributed by atoms with Crippen LogP contribution in [0.15, 0.2) is 35.2 Å². The molecule has 0 radical (unpaired) electrons. The number of nitrogens with one attached hydrogen (secondary N) is 5. The van der Waals surface area contributed by atoms with Gasteiger partial charge in [0, 0.05) is 61.0 Å². The maximum absolute atomic E-state index is 12.1. The van der Waals surface area contributed by atoms with Crippen LogP contribution in [0.5, 0.6) is 0 Å². The molecule has 0 bridgehead atoms. The van der Waals surface area contributed by atoms with E-state index in [0.29, 0.717) is 101 Å². The molecule has 0 aromatic heterocycles. The molecule has 1 aromatic carbocycles. The van der Waals surface area contributed by atoms with Gasteiger partial charge in [-0.15, -0.1) is 0 Å². The second-order valence-corrected chi connectivity index (χ2v) is 13.4. The first-order valence-electron chi connectivity index (χ1n) is 17.5. The zero-order chi connectivity index (χ0) is 36.7. The summed E-state index contributed by atoms with van der Waals surface area (Å²) in [6.45, 7) is 4.21. The minimum absolute atomic E-state index is 0.0242. The van der Waals surface area contributed by atoms with Gasteiger partial charge < -0.3 is 51.1 Å². The van der Waals surface area contributed by atoms with Gasteiger partial charge >= 0.3 is 12.0 Å². The van der Waals surface area contributed by atoms with E-state index in [0.717, 1.165) is 30.6 Å². The average Bonchev–Trinajstić information content (AvgIpc) is 3.67. The minimum Gasteiger partial charge on any atom is -0.481 e. The monoisotopic (exact) mass is 735 g/mol. The molecule has 3 atom stereocenters. The lowest BCUT2D eigenvalue weighted by Gasteiger charge is -2.16. The molecule has 0 spiro atoms. The third-order valence-corrected chi connectivity index (χ3v) is 9.69. The fraction of sp³-hybridized carbons (Fsp3) is 0.647. The summed E-state index contributed by atoms with van der Waals surface area (Å²) in [5, 5.41) is 24.5. The third kappa shape index (κ3) is 16.9. The van der Waals surface area contributed by atoms with Crippen molar-refractivity contribution in [2.75, 3.05) is 77.4 Å². The molecule has 51 heavy (non-hydrogen) atoms. The van der Waals surface area contributed by atoms with E-state index in [9.17, 15) is 19.2 Å². The lowest BCUT2D eigenvalue weighted by Crippen LogP contribution is -2.36. The van der Waals surface area contributed by atoms with E-state index in [4.69, 9.17) is 35.3 Å². The number of benzene rings is 1. The number of hydrogen-bond acceptors (Lipinski definition) is 13. The van der Waals surface area contributed by atoms with Gasteiger partial charge in [0.25, 0.3) is 0 Å². The number of Topliss-reactive ketones (excluding diaryl/α,β-unsaturated/α-hetero) is 1. The Balaban J connectivity index is 1.07. The van der Waals surface area contributed by atoms with Crippen molar-refractivity contribution in [1.29, 1.82) is 5.53 Å². The fourth-order valence-corrected chi connectivity index (χ4v) is 7.07. The van der Waals surface area contributed by atoms with Crippen LogP contribution in [0.1, 0.15) is 60.9 Å². The predicted octanol–water partition coefficient (Wildman–Crippen LogP) is 2.62. The number of thioether (sulfide) groups is 1. The molecule has 3 rings (SSSR count). The molecule has 2 saturated heterocycles. The average molecular weight is 736 g/mol. The van der Waals surface area contributed by atoms with E-state index in [1.807, 2.05) is 11.8 Å². The summed E-state index contributed by atoms with van der Waals surface area (Å²) >= 11 is 1.89. The number of hydrogen-bond donors (Lipinski definition) is 7. The number of unbranched alkanes of at least 4 members (excludes halogenated alkanes) is 1. The van der Waals surface area contributed by atoms with Crippen molar-refractivity contribution >= 4 is 41.1 Å². The van der Waals surface area contributed by atoms with Gasteiger partial charge in [-0.1, -0.05) is 12.5 Å². The van der Waals surface area contributed by atoms with Gasteiger partial charge in [-0.05, 0) is 43.4 Å². The summed E-state index contributed by atoms with van der Waals surface area (Å²) in [7, 11) is 0. The number of carbonyl (C=O) groups excluding carboxylic acids is 3. The Morgan fingerprint density at radius 2 is 1.71 bits per heavy atom. The van der Waals surface area contributed by atoms with Gasteiger partial charge in [-0.2, -0.15) is 16.9 Å². The van der Waals surface area contributed by atoms with Crippen molar-refractivity contribution in [3.05, 3.63) is 41.2 Å². The van der Waals surface area contributed by atoms with Gasteiger partial charge in [-0.3, -0.25) is 14.4 Å². The van der Waals surface area contributed by atoms with E-state index in [1.165, 1.54) is 0 Å². The number of nitrogens with two attached hydrogens (primary N) is 1. The largest absolute Gasteiger partial charge is 0.481 e. The summed E-state index contributed by atoms with van der Waals surface area (Å²) in [5.41, 5.74) is 15.4. The topological polar surface area (TPSA) is 236 Å². The van der Waals surface area contributed by atoms with Crippen molar-refractivity contribution in [2.24, 2.45) is 5.11 Å². The molecular weight excluding hydrogens is 682 g/mol. The molecule has 1 aromatic rings. The van der Waals surface area contributed by atoms with Crippen molar-refractivity contribution in [2.45, 2.75) is 68.7 Å². The number of urea groups is 1. The number of aryl methyl sites for hydroxylation is 1. The van der Waals surface area contributed by atoms with Crippen molar-refractivity contribution < 1.29 is 43.2 Å². The SMILES string of the molecule is N=N/C(=C\NCCOCCOCCOCCNC(=O)CCCC[C@@H]1SC[C@@H]2NC(=O)N[C@@H]21)COCCCc1ccc(C(=O)CCC(=O)O)c(N)c1. The summed E-state index contributed by atoms with van der Waals surface area (Å²) < 4.78 is 22.2. The van der Waals surface area contributed by atoms with Crippen LogP contribution in [0, 0.1) is 5.53 Å². The minimum atomic E-state index is -1.02. The second kappa shape index (κ2) is 24.4. The molecular formula is C34H53N7O9S. The maximum Gasteiger partial charge on any atom is 0.315 e. The van der Waals surface area contributed by atoms with Crippen molar-refractivity contribution in [3.8, 4) is 0 Å². The fourth-order valence-electron chi connectivity index (χ4n) is 5.53. The molecule has 2 aliphatic rings. The Labute approximate surface area is 303 Å². The molecule has 16 nitrogen and oxygen atoms in total. The Hall–Kier alpha value is -3.77. The molecule has 17 heteroatoms. The van der Waals surface area contributed by atoms with Crippen LogP contribution in [0.2, 0.25) is 0 Å². The number of fused-ring (bicyclic) bond motifs is 1. The highest BCUT2D eigenvalue weighted by Crippen LogP contribution is 2.33. The number of aliphatic carboxylic acids is 1. The highest BCUT2D eigenvalue weighted by molar-refractivity contribution is 8.00. The van der Waals surface area contributed by atoms with Gasteiger partial charge in [0.1, 0.15) is 5.70 Å². The number of carboxylic acids is 1. The van der Waals surface area contributed by atoms with Crippen LogP contribution in [-0.4, -0.2) is 118 Å². The van der Waals surface area contributed by atoms with E-state index < -0.39 is 5.97 Å². The Morgan fingerprint density at radius 1 is 0.961 bits per heavy atom. The quantitative estimate of drug-likeness (QED) is 0.0207. The standard InChI is InChI=1S/C34H53N7O9S/c35-27-20-24(7-8-26(27)29(42)9-10-32(44)45)4-3-13-50-22-25(41-36)21-37-11-14-47-16-18-49-19-17-48-15-12-38-31(43)6-2-1-5-30-33-28(23-51-30)39-34(46)40-33/h7-8,20-21,28,30,33,36-37H,1-6,9-19,22-23,35H2,(H,38,43)(H,44,45)(H2,39,40,46)/b25-21-,41-36?/t28-,30-,33-/m0/s1. The van der Waals surface area contributed by atoms with Crippen molar-refractivity contribution in [3.63, 3.8) is 0 Å². The normalized spacial score (nSPS) is 18.2. The summed E-state index contributed by atoms with van der Waals surface area (Å²) in [6, 6.07) is 5.54. The molecule has 0 unspecified atom stereocenters. The van der Waals surface area contributed by atoms with Crippen LogP contribution in [0.3, 0.4) is 0 Å². The number of nitrogen functional groups attached to an aromatic ring is 1. The number of anilines is 1. The molecule has 0 aliphatic carbocycles. The maximum atomic E-state index is 12.1. The number of amides is 3. The zero-order valence-corrected chi connectivity index (χ0v) is 29.9. The second-order valence-electron chi connectivity index (χ2n) is 12.2. The highest BCUT2D eigenvalue weighted by atomic mass is 32.2. The Morgan fingerprint density at radius 3 is 2.43 bits per heavy atom. The highest BCUT2D eigenvalue weighted by Gasteiger charge is 2.42. The van der Waals surface area contributed by atoms with Crippen LogP contribution in [0.4, 0.5) is 10.5 Å². The first-order chi connectivity index (χ1) is 24.8. The van der Waals surface area contributed by atoms with E-state index in [1.54, 1.807) is 24.4 Å². The zero-order valence-electron chi connectivity index (χ0n) is 29.1. The first kappa shape index (κ1) is 41.6. The number of nitrogens with zero attached hydrogens (tertiary/aromatic N) is 1. The molecule has 2 heterocycles. The molecule has 0 saturated carbocycles. The first-order valence-corrected chi connectivity index (χ1v) is 18.5. The van der Waals surface area contributed by atoms with Crippen LogP contribution in [-0.2, 0) is 35.0 Å². The van der Waals surface area contributed by atoms with Crippen LogP contribution < -0.4 is 27.0 Å².